The molecule has 1 aromatic carbocycles. The van der Waals surface area contributed by atoms with E-state index in [1.54, 1.807) is 0 Å². The lowest BCUT2D eigenvalue weighted by molar-refractivity contribution is -0.384. The van der Waals surface area contributed by atoms with Crippen molar-refractivity contribution in [2.45, 2.75) is 12.5 Å². The summed E-state index contributed by atoms with van der Waals surface area (Å²) in [6.07, 6.45) is -0.0966. The molecule has 0 spiro atoms. The van der Waals surface area contributed by atoms with Crippen molar-refractivity contribution < 1.29 is 24.7 Å². The third-order valence-electron chi connectivity index (χ3n) is 2.44. The predicted octanol–water partition coefficient (Wildman–Crippen LogP) is 0.918. The quantitative estimate of drug-likeness (QED) is 0.504. The number of rotatable bonds is 7. The number of benzene rings is 1. The van der Waals surface area contributed by atoms with Gasteiger partial charge < -0.3 is 10.2 Å². The molecule has 108 valence electrons. The van der Waals surface area contributed by atoms with Crippen LogP contribution >= 0.6 is 11.6 Å². The Morgan fingerprint density at radius 2 is 2.05 bits per heavy atom. The summed E-state index contributed by atoms with van der Waals surface area (Å²) in [5.41, 5.74) is 0.0397. The SMILES string of the molecule is O=C(O)CNC(Cc1ccc(Cl)c([N+](=O)[O-])c1)C(=O)O. The van der Waals surface area contributed by atoms with Crippen molar-refractivity contribution in [3.63, 3.8) is 0 Å². The Bertz CT molecular complexity index is 548. The van der Waals surface area contributed by atoms with Gasteiger partial charge in [0.25, 0.3) is 5.69 Å². The molecule has 1 atom stereocenters. The van der Waals surface area contributed by atoms with Gasteiger partial charge in [-0.25, -0.2) is 0 Å². The maximum Gasteiger partial charge on any atom is 0.321 e. The highest BCUT2D eigenvalue weighted by atomic mass is 35.5. The molecule has 0 aromatic heterocycles. The Balaban J connectivity index is 2.88. The lowest BCUT2D eigenvalue weighted by Crippen LogP contribution is -2.41. The number of nitro groups is 1. The first-order valence-electron chi connectivity index (χ1n) is 5.42. The first kappa shape index (κ1) is 15.9. The van der Waals surface area contributed by atoms with Crippen LogP contribution in [0.15, 0.2) is 18.2 Å². The normalized spacial score (nSPS) is 11.8. The molecule has 0 radical (unpaired) electrons. The molecule has 3 N–H and O–H groups in total. The van der Waals surface area contributed by atoms with Crippen LogP contribution in [0.5, 0.6) is 0 Å². The molecule has 0 aliphatic rings. The Labute approximate surface area is 118 Å². The molecule has 20 heavy (non-hydrogen) atoms. The summed E-state index contributed by atoms with van der Waals surface area (Å²) in [6, 6.07) is 2.76. The summed E-state index contributed by atoms with van der Waals surface area (Å²) in [6.45, 7) is -0.521. The van der Waals surface area contributed by atoms with E-state index in [2.05, 4.69) is 5.32 Å². The van der Waals surface area contributed by atoms with Crippen LogP contribution in [-0.4, -0.2) is 39.7 Å². The van der Waals surface area contributed by atoms with Crippen LogP contribution in [0.3, 0.4) is 0 Å². The van der Waals surface area contributed by atoms with Crippen molar-refractivity contribution in [2.75, 3.05) is 6.54 Å². The average molecular weight is 303 g/mol. The van der Waals surface area contributed by atoms with Gasteiger partial charge in [-0.2, -0.15) is 0 Å². The first-order valence-corrected chi connectivity index (χ1v) is 5.80. The van der Waals surface area contributed by atoms with Gasteiger partial charge in [0.1, 0.15) is 11.1 Å². The molecule has 9 heteroatoms. The molecule has 0 heterocycles. The molecule has 0 saturated carbocycles. The van der Waals surface area contributed by atoms with Gasteiger partial charge >= 0.3 is 11.9 Å². The highest BCUT2D eigenvalue weighted by Crippen LogP contribution is 2.25. The van der Waals surface area contributed by atoms with Gasteiger partial charge in [0, 0.05) is 6.07 Å². The number of carbonyl (C=O) groups is 2. The molecule has 0 saturated heterocycles. The lowest BCUT2D eigenvalue weighted by Gasteiger charge is -2.13. The van der Waals surface area contributed by atoms with E-state index in [1.165, 1.54) is 18.2 Å². The third kappa shape index (κ3) is 4.48. The van der Waals surface area contributed by atoms with Gasteiger partial charge in [0.15, 0.2) is 0 Å². The van der Waals surface area contributed by atoms with E-state index in [0.717, 1.165) is 0 Å². The molecule has 0 aliphatic heterocycles. The van der Waals surface area contributed by atoms with E-state index in [4.69, 9.17) is 21.8 Å². The van der Waals surface area contributed by atoms with Gasteiger partial charge in [-0.05, 0) is 18.1 Å². The van der Waals surface area contributed by atoms with Crippen molar-refractivity contribution in [3.8, 4) is 0 Å². The summed E-state index contributed by atoms with van der Waals surface area (Å²) in [5.74, 6) is -2.44. The smallest absolute Gasteiger partial charge is 0.321 e. The lowest BCUT2D eigenvalue weighted by atomic mass is 10.1. The van der Waals surface area contributed by atoms with Crippen LogP contribution in [-0.2, 0) is 16.0 Å². The average Bonchev–Trinajstić information content (AvgIpc) is 2.35. The predicted molar refractivity (Wildman–Crippen MR) is 68.9 cm³/mol. The Hall–Kier alpha value is -2.19. The van der Waals surface area contributed by atoms with Crippen LogP contribution in [0.2, 0.25) is 5.02 Å². The van der Waals surface area contributed by atoms with Crippen LogP contribution in [0, 0.1) is 10.1 Å². The van der Waals surface area contributed by atoms with Crippen LogP contribution in [0.25, 0.3) is 0 Å². The summed E-state index contributed by atoms with van der Waals surface area (Å²) in [4.78, 5) is 31.4. The summed E-state index contributed by atoms with van der Waals surface area (Å²) >= 11 is 5.64. The molecular formula is C11H11ClN2O6. The standard InChI is InChI=1S/C11H11ClN2O6/c12-7-2-1-6(4-9(7)14(19)20)3-8(11(17)18)13-5-10(15)16/h1-2,4,8,13H,3,5H2,(H,15,16)(H,17,18). The largest absolute Gasteiger partial charge is 0.480 e. The Morgan fingerprint density at radius 3 is 2.55 bits per heavy atom. The zero-order chi connectivity index (χ0) is 15.3. The number of nitrogens with one attached hydrogen (secondary N) is 1. The molecule has 8 nitrogen and oxygen atoms in total. The summed E-state index contributed by atoms with van der Waals surface area (Å²) in [7, 11) is 0. The molecule has 1 aromatic rings. The Kier molecular flexibility index (Phi) is 5.42. The van der Waals surface area contributed by atoms with Crippen molar-refractivity contribution in [1.29, 1.82) is 0 Å². The topological polar surface area (TPSA) is 130 Å². The number of carboxylic acids is 2. The zero-order valence-electron chi connectivity index (χ0n) is 10.1. The summed E-state index contributed by atoms with van der Waals surface area (Å²) < 4.78 is 0. The summed E-state index contributed by atoms with van der Waals surface area (Å²) in [5, 5.41) is 30.5. The van der Waals surface area contributed by atoms with Gasteiger partial charge in [0.2, 0.25) is 0 Å². The fourth-order valence-corrected chi connectivity index (χ4v) is 1.70. The minimum absolute atomic E-state index is 0.0517. The van der Waals surface area contributed by atoms with E-state index in [1.807, 2.05) is 0 Å². The molecule has 0 fully saturated rings. The number of hydrogen-bond acceptors (Lipinski definition) is 5. The fraction of sp³-hybridized carbons (Fsp3) is 0.273. The molecule has 1 rings (SSSR count). The van der Waals surface area contributed by atoms with Crippen LogP contribution in [0.4, 0.5) is 5.69 Å². The van der Waals surface area contributed by atoms with E-state index < -0.39 is 29.4 Å². The molecule has 1 unspecified atom stereocenters. The minimum atomic E-state index is -1.25. The Morgan fingerprint density at radius 1 is 1.40 bits per heavy atom. The monoisotopic (exact) mass is 302 g/mol. The van der Waals surface area contributed by atoms with Crippen molar-refractivity contribution in [2.24, 2.45) is 0 Å². The molecule has 0 aliphatic carbocycles. The third-order valence-corrected chi connectivity index (χ3v) is 2.76. The molecule has 0 bridgehead atoms. The van der Waals surface area contributed by atoms with Crippen LogP contribution < -0.4 is 5.32 Å². The number of carboxylic acid groups (broad SMARTS) is 2. The minimum Gasteiger partial charge on any atom is -0.480 e. The highest BCUT2D eigenvalue weighted by Gasteiger charge is 2.20. The number of hydrogen-bond donors (Lipinski definition) is 3. The van der Waals surface area contributed by atoms with E-state index in [-0.39, 0.29) is 17.1 Å². The second kappa shape index (κ2) is 6.83. The van der Waals surface area contributed by atoms with Crippen molar-refractivity contribution in [1.82, 2.24) is 5.32 Å². The fourth-order valence-electron chi connectivity index (χ4n) is 1.52. The van der Waals surface area contributed by atoms with Crippen molar-refractivity contribution >= 4 is 29.2 Å². The number of aliphatic carboxylic acids is 2. The number of halogens is 1. The first-order chi connectivity index (χ1) is 9.31. The van der Waals surface area contributed by atoms with E-state index in [9.17, 15) is 19.7 Å². The number of nitro benzene ring substituents is 1. The van der Waals surface area contributed by atoms with Gasteiger partial charge in [-0.3, -0.25) is 25.0 Å². The maximum atomic E-state index is 11.0. The van der Waals surface area contributed by atoms with Gasteiger partial charge in [-0.1, -0.05) is 17.7 Å². The molecule has 0 amide bonds. The van der Waals surface area contributed by atoms with E-state index in [0.29, 0.717) is 5.56 Å². The van der Waals surface area contributed by atoms with E-state index >= 15 is 0 Å². The van der Waals surface area contributed by atoms with Gasteiger partial charge in [0.05, 0.1) is 11.5 Å². The maximum absolute atomic E-state index is 11.0. The number of nitrogens with zero attached hydrogens (tertiary/aromatic N) is 1. The van der Waals surface area contributed by atoms with Crippen LogP contribution in [0.1, 0.15) is 5.56 Å². The van der Waals surface area contributed by atoms with Gasteiger partial charge in [-0.15, -0.1) is 0 Å². The second-order valence-corrected chi connectivity index (χ2v) is 4.32. The highest BCUT2D eigenvalue weighted by molar-refractivity contribution is 6.32. The van der Waals surface area contributed by atoms with Crippen molar-refractivity contribution in [3.05, 3.63) is 38.9 Å². The zero-order valence-corrected chi connectivity index (χ0v) is 10.8. The second-order valence-electron chi connectivity index (χ2n) is 3.91. The molecular weight excluding hydrogens is 292 g/mol.